The molecule has 1 unspecified atom stereocenters. The third kappa shape index (κ3) is 4.49. The quantitative estimate of drug-likeness (QED) is 0.782. The van der Waals surface area contributed by atoms with Crippen LogP contribution >= 0.6 is 11.3 Å². The van der Waals surface area contributed by atoms with E-state index in [2.05, 4.69) is 26.5 Å². The molecule has 1 aliphatic rings. The number of amides is 2. The van der Waals surface area contributed by atoms with Gasteiger partial charge in [-0.05, 0) is 38.8 Å². The molecule has 2 aromatic heterocycles. The number of hydrogen-bond acceptors (Lipinski definition) is 6. The summed E-state index contributed by atoms with van der Waals surface area (Å²) in [5.74, 6) is -0.0764. The minimum atomic E-state index is -0.127. The first kappa shape index (κ1) is 21.0. The van der Waals surface area contributed by atoms with Gasteiger partial charge >= 0.3 is 0 Å². The molecule has 0 aromatic carbocycles. The summed E-state index contributed by atoms with van der Waals surface area (Å²) in [6.45, 7) is 5.59. The molecule has 8 nitrogen and oxygen atoms in total. The second-order valence-corrected chi connectivity index (χ2v) is 8.84. The van der Waals surface area contributed by atoms with E-state index >= 15 is 0 Å². The standard InChI is InChI=1S/C20H26N6O2S/c1-12-13(2)29-19(15(12)8-21)23-17(27)11-26-7-5-6-14(10-26)18-16(9-22-24-18)20(28)25(3)4/h9,14H,5-7,10-11H2,1-4H3,(H,22,24)(H,23,27). The minimum Gasteiger partial charge on any atom is -0.345 e. The van der Waals surface area contributed by atoms with Gasteiger partial charge in [-0.1, -0.05) is 0 Å². The molecule has 2 aromatic rings. The lowest BCUT2D eigenvalue weighted by atomic mass is 9.92. The number of hydrogen-bond donors (Lipinski definition) is 2. The third-order valence-corrected chi connectivity index (χ3v) is 6.46. The summed E-state index contributed by atoms with van der Waals surface area (Å²) < 4.78 is 0. The van der Waals surface area contributed by atoms with Gasteiger partial charge in [-0.3, -0.25) is 19.6 Å². The summed E-state index contributed by atoms with van der Waals surface area (Å²) in [6, 6.07) is 2.18. The Morgan fingerprint density at radius 3 is 2.90 bits per heavy atom. The van der Waals surface area contributed by atoms with E-state index in [1.165, 1.54) is 11.3 Å². The molecule has 2 amide bonds. The maximum Gasteiger partial charge on any atom is 0.256 e. The molecule has 29 heavy (non-hydrogen) atoms. The lowest BCUT2D eigenvalue weighted by molar-refractivity contribution is -0.117. The number of H-pyrrole nitrogens is 1. The molecule has 1 atom stereocenters. The van der Waals surface area contributed by atoms with Gasteiger partial charge in [-0.2, -0.15) is 10.4 Å². The number of likely N-dealkylation sites (tertiary alicyclic amines) is 1. The van der Waals surface area contributed by atoms with Crippen molar-refractivity contribution in [1.29, 1.82) is 5.26 Å². The molecule has 1 saturated heterocycles. The third-order valence-electron chi connectivity index (χ3n) is 5.34. The van der Waals surface area contributed by atoms with Crippen molar-refractivity contribution in [2.24, 2.45) is 0 Å². The first-order chi connectivity index (χ1) is 13.8. The molecule has 0 bridgehead atoms. The number of piperidine rings is 1. The normalized spacial score (nSPS) is 17.0. The number of thiophene rings is 1. The SMILES string of the molecule is Cc1sc(NC(=O)CN2CCCC(c3[nH]ncc3C(=O)N(C)C)C2)c(C#N)c1C. The zero-order valence-electron chi connectivity index (χ0n) is 17.2. The van der Waals surface area contributed by atoms with Crippen LogP contribution in [0.2, 0.25) is 0 Å². The van der Waals surface area contributed by atoms with Crippen molar-refractivity contribution in [3.8, 4) is 6.07 Å². The summed E-state index contributed by atoms with van der Waals surface area (Å²) in [4.78, 5) is 29.6. The van der Waals surface area contributed by atoms with Gasteiger partial charge in [0.25, 0.3) is 5.91 Å². The monoisotopic (exact) mass is 414 g/mol. The predicted octanol–water partition coefficient (Wildman–Crippen LogP) is 2.48. The van der Waals surface area contributed by atoms with E-state index in [9.17, 15) is 14.9 Å². The highest BCUT2D eigenvalue weighted by atomic mass is 32.1. The Kier molecular flexibility index (Phi) is 6.35. The van der Waals surface area contributed by atoms with Crippen LogP contribution in [0.4, 0.5) is 5.00 Å². The largest absolute Gasteiger partial charge is 0.345 e. The fourth-order valence-corrected chi connectivity index (χ4v) is 4.70. The Morgan fingerprint density at radius 1 is 1.45 bits per heavy atom. The average Bonchev–Trinajstić information content (AvgIpc) is 3.26. The first-order valence-corrected chi connectivity index (χ1v) is 10.4. The number of nitrogens with one attached hydrogen (secondary N) is 2. The molecule has 3 rings (SSSR count). The second kappa shape index (κ2) is 8.76. The lowest BCUT2D eigenvalue weighted by Crippen LogP contribution is -2.40. The zero-order valence-corrected chi connectivity index (χ0v) is 18.0. The van der Waals surface area contributed by atoms with Crippen LogP contribution in [0.1, 0.15) is 50.8 Å². The Hall–Kier alpha value is -2.70. The van der Waals surface area contributed by atoms with Gasteiger partial charge in [0.15, 0.2) is 0 Å². The number of aromatic nitrogens is 2. The van der Waals surface area contributed by atoms with Crippen molar-refractivity contribution in [2.75, 3.05) is 39.0 Å². The molecule has 9 heteroatoms. The number of nitriles is 1. The molecule has 1 fully saturated rings. The molecule has 0 saturated carbocycles. The van der Waals surface area contributed by atoms with Gasteiger partial charge in [0.1, 0.15) is 11.1 Å². The van der Waals surface area contributed by atoms with Crippen LogP contribution in [0.15, 0.2) is 6.20 Å². The smallest absolute Gasteiger partial charge is 0.256 e. The Balaban J connectivity index is 1.66. The van der Waals surface area contributed by atoms with Crippen molar-refractivity contribution in [3.05, 3.63) is 33.5 Å². The van der Waals surface area contributed by atoms with Gasteiger partial charge in [0.05, 0.1) is 29.6 Å². The number of carbonyl (C=O) groups is 2. The molecular weight excluding hydrogens is 388 g/mol. The van der Waals surface area contributed by atoms with Crippen LogP contribution in [0.25, 0.3) is 0 Å². The molecule has 154 valence electrons. The predicted molar refractivity (Wildman–Crippen MR) is 112 cm³/mol. The van der Waals surface area contributed by atoms with Gasteiger partial charge in [0, 0.05) is 31.4 Å². The Labute approximate surface area is 174 Å². The minimum absolute atomic E-state index is 0.0731. The highest BCUT2D eigenvalue weighted by Crippen LogP contribution is 2.32. The van der Waals surface area contributed by atoms with E-state index < -0.39 is 0 Å². The van der Waals surface area contributed by atoms with E-state index in [1.807, 2.05) is 13.8 Å². The van der Waals surface area contributed by atoms with Gasteiger partial charge in [0.2, 0.25) is 5.91 Å². The maximum atomic E-state index is 12.6. The Bertz CT molecular complexity index is 955. The van der Waals surface area contributed by atoms with Crippen molar-refractivity contribution < 1.29 is 9.59 Å². The summed E-state index contributed by atoms with van der Waals surface area (Å²) in [5, 5.41) is 19.9. The summed E-state index contributed by atoms with van der Waals surface area (Å²) in [7, 11) is 3.44. The molecular formula is C20H26N6O2S. The van der Waals surface area contributed by atoms with Crippen molar-refractivity contribution >= 4 is 28.2 Å². The summed E-state index contributed by atoms with van der Waals surface area (Å²) in [6.07, 6.45) is 3.46. The van der Waals surface area contributed by atoms with E-state index in [-0.39, 0.29) is 24.3 Å². The molecule has 1 aliphatic heterocycles. The van der Waals surface area contributed by atoms with E-state index in [0.717, 1.165) is 35.5 Å². The van der Waals surface area contributed by atoms with Crippen molar-refractivity contribution in [3.63, 3.8) is 0 Å². The number of anilines is 1. The summed E-state index contributed by atoms with van der Waals surface area (Å²) in [5.41, 5.74) is 2.89. The number of rotatable bonds is 5. The van der Waals surface area contributed by atoms with Crippen LogP contribution in [-0.4, -0.2) is 65.5 Å². The number of nitrogens with zero attached hydrogens (tertiary/aromatic N) is 4. The average molecular weight is 415 g/mol. The van der Waals surface area contributed by atoms with Crippen LogP contribution in [0.3, 0.4) is 0 Å². The van der Waals surface area contributed by atoms with Crippen LogP contribution < -0.4 is 5.32 Å². The van der Waals surface area contributed by atoms with E-state index in [0.29, 0.717) is 22.7 Å². The van der Waals surface area contributed by atoms with Gasteiger partial charge < -0.3 is 10.2 Å². The first-order valence-electron chi connectivity index (χ1n) is 9.59. The van der Waals surface area contributed by atoms with Crippen LogP contribution in [0, 0.1) is 25.2 Å². The highest BCUT2D eigenvalue weighted by Gasteiger charge is 2.28. The molecule has 3 heterocycles. The van der Waals surface area contributed by atoms with E-state index in [4.69, 9.17) is 0 Å². The molecule has 0 radical (unpaired) electrons. The molecule has 0 aliphatic carbocycles. The number of aromatic amines is 1. The molecule has 0 spiro atoms. The second-order valence-electron chi connectivity index (χ2n) is 7.62. The number of aryl methyl sites for hydroxylation is 1. The fraction of sp³-hybridized carbons (Fsp3) is 0.500. The Morgan fingerprint density at radius 2 is 2.21 bits per heavy atom. The fourth-order valence-electron chi connectivity index (χ4n) is 3.67. The van der Waals surface area contributed by atoms with E-state index in [1.54, 1.807) is 25.2 Å². The number of carbonyl (C=O) groups excluding carboxylic acids is 2. The van der Waals surface area contributed by atoms with Crippen LogP contribution in [0.5, 0.6) is 0 Å². The van der Waals surface area contributed by atoms with Crippen LogP contribution in [-0.2, 0) is 4.79 Å². The topological polar surface area (TPSA) is 105 Å². The summed E-state index contributed by atoms with van der Waals surface area (Å²) >= 11 is 1.43. The molecule has 2 N–H and O–H groups in total. The van der Waals surface area contributed by atoms with Crippen molar-refractivity contribution in [2.45, 2.75) is 32.6 Å². The maximum absolute atomic E-state index is 12.6. The highest BCUT2D eigenvalue weighted by molar-refractivity contribution is 7.16. The zero-order chi connectivity index (χ0) is 21.1. The van der Waals surface area contributed by atoms with Gasteiger partial charge in [-0.25, -0.2) is 0 Å². The lowest BCUT2D eigenvalue weighted by Gasteiger charge is -2.32. The van der Waals surface area contributed by atoms with Gasteiger partial charge in [-0.15, -0.1) is 11.3 Å². The van der Waals surface area contributed by atoms with Crippen molar-refractivity contribution in [1.82, 2.24) is 20.0 Å².